The number of hydrogen-bond acceptors (Lipinski definition) is 4. The normalized spacial score (nSPS) is 23.7. The number of carbonyl (C=O) groups excluding carboxylic acids is 1. The van der Waals surface area contributed by atoms with Crippen LogP contribution < -0.4 is 5.32 Å². The predicted octanol–water partition coefficient (Wildman–Crippen LogP) is 1.12. The Morgan fingerprint density at radius 3 is 2.76 bits per heavy atom. The van der Waals surface area contributed by atoms with Gasteiger partial charge in [0, 0.05) is 19.1 Å². The van der Waals surface area contributed by atoms with E-state index in [9.17, 15) is 4.79 Å². The average Bonchev–Trinajstić information content (AvgIpc) is 2.28. The zero-order valence-electron chi connectivity index (χ0n) is 11.5. The average molecular weight is 242 g/mol. The topological polar surface area (TPSA) is 41.6 Å². The van der Waals surface area contributed by atoms with Crippen molar-refractivity contribution in [2.45, 2.75) is 32.7 Å². The first-order valence-corrected chi connectivity index (χ1v) is 6.54. The Labute approximate surface area is 105 Å². The molecule has 2 unspecified atom stereocenters. The summed E-state index contributed by atoms with van der Waals surface area (Å²) in [6.45, 7) is 7.12. The van der Waals surface area contributed by atoms with Gasteiger partial charge in [-0.25, -0.2) is 0 Å². The lowest BCUT2D eigenvalue weighted by Gasteiger charge is -2.31. The van der Waals surface area contributed by atoms with Crippen molar-refractivity contribution in [3.8, 4) is 0 Å². The minimum Gasteiger partial charge on any atom is -0.469 e. The fourth-order valence-electron chi connectivity index (χ4n) is 2.37. The molecule has 4 nitrogen and oxygen atoms in total. The largest absolute Gasteiger partial charge is 0.469 e. The zero-order valence-corrected chi connectivity index (χ0v) is 11.5. The molecule has 1 fully saturated rings. The van der Waals surface area contributed by atoms with Gasteiger partial charge >= 0.3 is 5.97 Å². The summed E-state index contributed by atoms with van der Waals surface area (Å²) in [5.74, 6) is 0.181. The molecular formula is C13H26N2O2. The van der Waals surface area contributed by atoms with Crippen LogP contribution in [-0.2, 0) is 9.53 Å². The van der Waals surface area contributed by atoms with Gasteiger partial charge in [0.25, 0.3) is 0 Å². The van der Waals surface area contributed by atoms with E-state index in [4.69, 9.17) is 4.74 Å². The van der Waals surface area contributed by atoms with E-state index in [1.807, 2.05) is 0 Å². The van der Waals surface area contributed by atoms with E-state index in [1.165, 1.54) is 26.5 Å². The molecule has 1 N–H and O–H groups in total. The molecule has 0 amide bonds. The third-order valence-corrected chi connectivity index (χ3v) is 3.56. The van der Waals surface area contributed by atoms with E-state index in [2.05, 4.69) is 31.1 Å². The minimum atomic E-state index is -0.100. The molecule has 1 rings (SSSR count). The van der Waals surface area contributed by atoms with Crippen LogP contribution in [0.2, 0.25) is 0 Å². The maximum absolute atomic E-state index is 11.6. The number of esters is 1. The monoisotopic (exact) mass is 242 g/mol. The smallest absolute Gasteiger partial charge is 0.310 e. The van der Waals surface area contributed by atoms with Crippen LogP contribution in [0.15, 0.2) is 0 Å². The zero-order chi connectivity index (χ0) is 12.8. The van der Waals surface area contributed by atoms with Crippen LogP contribution in [-0.4, -0.2) is 50.7 Å². The molecule has 0 aromatic heterocycles. The summed E-state index contributed by atoms with van der Waals surface area (Å²) in [4.78, 5) is 14.0. The molecule has 4 heteroatoms. The van der Waals surface area contributed by atoms with Crippen molar-refractivity contribution >= 4 is 5.97 Å². The van der Waals surface area contributed by atoms with Crippen molar-refractivity contribution in [2.75, 3.05) is 33.8 Å². The summed E-state index contributed by atoms with van der Waals surface area (Å²) < 4.78 is 4.85. The number of rotatable bonds is 5. The van der Waals surface area contributed by atoms with Crippen molar-refractivity contribution in [1.29, 1.82) is 0 Å². The van der Waals surface area contributed by atoms with Gasteiger partial charge in [0.1, 0.15) is 0 Å². The number of ether oxygens (including phenoxy) is 1. The second-order valence-electron chi connectivity index (χ2n) is 5.38. The van der Waals surface area contributed by atoms with Crippen LogP contribution in [0.5, 0.6) is 0 Å². The first-order valence-electron chi connectivity index (χ1n) is 6.54. The molecule has 1 aliphatic rings. The summed E-state index contributed by atoms with van der Waals surface area (Å²) in [6, 6.07) is 0.514. The fraction of sp³-hybridized carbons (Fsp3) is 0.923. The van der Waals surface area contributed by atoms with Crippen LogP contribution in [0.4, 0.5) is 0 Å². The lowest BCUT2D eigenvalue weighted by Crippen LogP contribution is -2.46. The molecule has 0 saturated carbocycles. The van der Waals surface area contributed by atoms with Gasteiger partial charge in [-0.15, -0.1) is 0 Å². The fourth-order valence-corrected chi connectivity index (χ4v) is 2.37. The van der Waals surface area contributed by atoms with Crippen molar-refractivity contribution in [1.82, 2.24) is 10.2 Å². The van der Waals surface area contributed by atoms with E-state index in [1.54, 1.807) is 0 Å². The number of likely N-dealkylation sites (N-methyl/N-ethyl adjacent to an activating group) is 1. The van der Waals surface area contributed by atoms with Crippen LogP contribution in [0.25, 0.3) is 0 Å². The van der Waals surface area contributed by atoms with Crippen molar-refractivity contribution in [2.24, 2.45) is 11.8 Å². The lowest BCUT2D eigenvalue weighted by atomic mass is 9.95. The van der Waals surface area contributed by atoms with Gasteiger partial charge in [0.2, 0.25) is 0 Å². The number of likely N-dealkylation sites (tertiary alicyclic amines) is 1. The van der Waals surface area contributed by atoms with Crippen LogP contribution in [0, 0.1) is 11.8 Å². The molecule has 0 aromatic carbocycles. The molecule has 0 bridgehead atoms. The quantitative estimate of drug-likeness (QED) is 0.734. The van der Waals surface area contributed by atoms with Gasteiger partial charge in [-0.3, -0.25) is 4.79 Å². The summed E-state index contributed by atoms with van der Waals surface area (Å²) in [7, 11) is 3.61. The third kappa shape index (κ3) is 4.64. The molecule has 0 spiro atoms. The Morgan fingerprint density at radius 2 is 2.24 bits per heavy atom. The van der Waals surface area contributed by atoms with Gasteiger partial charge in [-0.1, -0.05) is 13.8 Å². The second-order valence-corrected chi connectivity index (χ2v) is 5.38. The Morgan fingerprint density at radius 1 is 1.53 bits per heavy atom. The third-order valence-electron chi connectivity index (χ3n) is 3.56. The van der Waals surface area contributed by atoms with Crippen LogP contribution >= 0.6 is 0 Å². The van der Waals surface area contributed by atoms with E-state index < -0.39 is 0 Å². The van der Waals surface area contributed by atoms with E-state index >= 15 is 0 Å². The first kappa shape index (κ1) is 14.5. The molecule has 0 radical (unpaired) electrons. The highest BCUT2D eigenvalue weighted by Gasteiger charge is 2.25. The Hall–Kier alpha value is -0.610. The Kier molecular flexibility index (Phi) is 5.92. The number of nitrogens with zero attached hydrogens (tertiary/aromatic N) is 1. The number of methoxy groups -OCH3 is 1. The maximum atomic E-state index is 11.6. The number of hydrogen-bond donors (Lipinski definition) is 1. The van der Waals surface area contributed by atoms with Gasteiger partial charge in [-0.05, 0) is 32.4 Å². The Balaban J connectivity index is 2.38. The van der Waals surface area contributed by atoms with Gasteiger partial charge in [-0.2, -0.15) is 0 Å². The highest BCUT2D eigenvalue weighted by Crippen LogP contribution is 2.13. The van der Waals surface area contributed by atoms with Crippen molar-refractivity contribution in [3.63, 3.8) is 0 Å². The highest BCUT2D eigenvalue weighted by molar-refractivity contribution is 5.72. The first-order chi connectivity index (χ1) is 8.04. The molecular weight excluding hydrogens is 216 g/mol. The van der Waals surface area contributed by atoms with E-state index in [0.717, 1.165) is 13.1 Å². The van der Waals surface area contributed by atoms with Crippen molar-refractivity contribution in [3.05, 3.63) is 0 Å². The molecule has 0 aromatic rings. The van der Waals surface area contributed by atoms with E-state index in [0.29, 0.717) is 12.0 Å². The van der Waals surface area contributed by atoms with Gasteiger partial charge < -0.3 is 15.0 Å². The van der Waals surface area contributed by atoms with Gasteiger partial charge in [0.15, 0.2) is 0 Å². The minimum absolute atomic E-state index is 0.0350. The molecule has 2 atom stereocenters. The molecule has 0 aliphatic carbocycles. The Bertz CT molecular complexity index is 244. The van der Waals surface area contributed by atoms with Crippen LogP contribution in [0.3, 0.4) is 0 Å². The molecule has 100 valence electrons. The summed E-state index contributed by atoms with van der Waals surface area (Å²) in [5, 5.41) is 3.51. The summed E-state index contributed by atoms with van der Waals surface area (Å²) in [6.07, 6.45) is 2.44. The highest BCUT2D eigenvalue weighted by atomic mass is 16.5. The number of nitrogens with one attached hydrogen (secondary N) is 1. The number of carbonyl (C=O) groups is 1. The second kappa shape index (κ2) is 6.97. The predicted molar refractivity (Wildman–Crippen MR) is 68.9 cm³/mol. The van der Waals surface area contributed by atoms with Crippen molar-refractivity contribution < 1.29 is 9.53 Å². The van der Waals surface area contributed by atoms with Gasteiger partial charge in [0.05, 0.1) is 13.0 Å². The molecule has 1 heterocycles. The molecule has 1 aliphatic heterocycles. The lowest BCUT2D eigenvalue weighted by molar-refractivity contribution is -0.146. The maximum Gasteiger partial charge on any atom is 0.310 e. The summed E-state index contributed by atoms with van der Waals surface area (Å²) in [5.41, 5.74) is 0. The standard InChI is InChI=1S/C13H26N2O2/c1-10(2)12(13(16)17-4)8-14-11-6-5-7-15(3)9-11/h10-12,14H,5-9H2,1-4H3. The number of piperidine rings is 1. The van der Waals surface area contributed by atoms with E-state index in [-0.39, 0.29) is 11.9 Å². The van der Waals surface area contributed by atoms with Crippen LogP contribution in [0.1, 0.15) is 26.7 Å². The molecule has 17 heavy (non-hydrogen) atoms. The summed E-state index contributed by atoms with van der Waals surface area (Å²) >= 11 is 0. The molecule has 1 saturated heterocycles. The SMILES string of the molecule is COC(=O)C(CNC1CCCN(C)C1)C(C)C.